The normalized spacial score (nSPS) is 30.0. The van der Waals surface area contributed by atoms with E-state index in [2.05, 4.69) is 55.5 Å². The van der Waals surface area contributed by atoms with Crippen LogP contribution in [0.3, 0.4) is 0 Å². The molecule has 1 rings (SSSR count). The second-order valence-corrected chi connectivity index (χ2v) is 5.81. The molecule has 0 N–H and O–H groups in total. The molecular formula is C20H32O. The van der Waals surface area contributed by atoms with Gasteiger partial charge < -0.3 is 4.74 Å². The minimum atomic E-state index is 0.668. The molecule has 118 valence electrons. The highest BCUT2D eigenvalue weighted by Crippen LogP contribution is 2.10. The van der Waals surface area contributed by atoms with Gasteiger partial charge in [-0.1, -0.05) is 62.0 Å². The van der Waals surface area contributed by atoms with Crippen LogP contribution >= 0.6 is 0 Å². The Morgan fingerprint density at radius 2 is 1.48 bits per heavy atom. The van der Waals surface area contributed by atoms with Crippen LogP contribution in [0, 0.1) is 5.92 Å². The standard InChI is InChI=1S/C20H32O/c1-20-16-12-10-8-6-4-2-3-5-7-9-11-14-18-21-19-15-13-17-20/h2,4-5,7-8,10,12,16,20H,3,6,9,11,13-15,17-19H2,1H3/b4-2-,7-5-,10-8-,16-12+. The molecule has 0 aliphatic carbocycles. The Morgan fingerprint density at radius 3 is 2.33 bits per heavy atom. The number of ether oxygens (including phenoxy) is 1. The van der Waals surface area contributed by atoms with E-state index in [0.29, 0.717) is 5.92 Å². The first-order valence-electron chi connectivity index (χ1n) is 8.60. The molecule has 0 aromatic heterocycles. The summed E-state index contributed by atoms with van der Waals surface area (Å²) in [6.45, 7) is 4.15. The highest BCUT2D eigenvalue weighted by Gasteiger charge is 1.97. The van der Waals surface area contributed by atoms with Crippen molar-refractivity contribution in [2.45, 2.75) is 58.3 Å². The summed E-state index contributed by atoms with van der Waals surface area (Å²) < 4.78 is 5.69. The largest absolute Gasteiger partial charge is 0.381 e. The minimum absolute atomic E-state index is 0.668. The molecule has 0 spiro atoms. The van der Waals surface area contributed by atoms with E-state index in [1.165, 1.54) is 38.5 Å². The zero-order chi connectivity index (χ0) is 15.0. The Bertz CT molecular complexity index is 336. The summed E-state index contributed by atoms with van der Waals surface area (Å²) in [5, 5.41) is 0. The van der Waals surface area contributed by atoms with Crippen LogP contribution in [0.4, 0.5) is 0 Å². The summed E-state index contributed by atoms with van der Waals surface area (Å²) in [7, 11) is 0. The van der Waals surface area contributed by atoms with Crippen LogP contribution in [0.15, 0.2) is 48.6 Å². The molecule has 1 nitrogen and oxygen atoms in total. The van der Waals surface area contributed by atoms with Crippen molar-refractivity contribution in [3.63, 3.8) is 0 Å². The van der Waals surface area contributed by atoms with Gasteiger partial charge in [0.15, 0.2) is 0 Å². The van der Waals surface area contributed by atoms with Crippen LogP contribution in [0.2, 0.25) is 0 Å². The van der Waals surface area contributed by atoms with Crippen molar-refractivity contribution in [3.05, 3.63) is 48.6 Å². The average Bonchev–Trinajstić information content (AvgIpc) is 2.48. The molecule has 0 radical (unpaired) electrons. The van der Waals surface area contributed by atoms with Crippen LogP contribution in [0.1, 0.15) is 58.3 Å². The fourth-order valence-corrected chi connectivity index (χ4v) is 2.31. The van der Waals surface area contributed by atoms with Gasteiger partial charge in [-0.2, -0.15) is 0 Å². The second kappa shape index (κ2) is 13.9. The lowest BCUT2D eigenvalue weighted by Gasteiger charge is -2.06. The molecule has 1 heteroatoms. The lowest BCUT2D eigenvalue weighted by molar-refractivity contribution is 0.126. The Kier molecular flexibility index (Phi) is 11.9. The van der Waals surface area contributed by atoms with Gasteiger partial charge in [-0.3, -0.25) is 0 Å². The summed E-state index contributed by atoms with van der Waals surface area (Å²) in [6.07, 6.45) is 27.3. The van der Waals surface area contributed by atoms with Gasteiger partial charge in [-0.25, -0.2) is 0 Å². The number of allylic oxidation sites excluding steroid dienone is 8. The quantitative estimate of drug-likeness (QED) is 0.497. The van der Waals surface area contributed by atoms with E-state index < -0.39 is 0 Å². The highest BCUT2D eigenvalue weighted by molar-refractivity contribution is 5.06. The summed E-state index contributed by atoms with van der Waals surface area (Å²) in [6, 6.07) is 0. The van der Waals surface area contributed by atoms with Gasteiger partial charge in [-0.05, 0) is 50.9 Å². The Labute approximate surface area is 131 Å². The summed E-state index contributed by atoms with van der Waals surface area (Å²) in [5.41, 5.74) is 0. The molecular weight excluding hydrogens is 256 g/mol. The molecule has 0 aromatic carbocycles. The molecule has 1 unspecified atom stereocenters. The van der Waals surface area contributed by atoms with Gasteiger partial charge in [0.1, 0.15) is 0 Å². The monoisotopic (exact) mass is 288 g/mol. The van der Waals surface area contributed by atoms with Crippen molar-refractivity contribution in [3.8, 4) is 0 Å². The molecule has 0 amide bonds. The molecule has 0 aromatic rings. The lowest BCUT2D eigenvalue weighted by Crippen LogP contribution is -1.98. The maximum Gasteiger partial charge on any atom is 0.0466 e. The van der Waals surface area contributed by atoms with Gasteiger partial charge in [0, 0.05) is 13.2 Å². The third kappa shape index (κ3) is 12.4. The third-order valence-electron chi connectivity index (χ3n) is 3.67. The van der Waals surface area contributed by atoms with Crippen molar-refractivity contribution in [2.24, 2.45) is 5.92 Å². The summed E-state index contributed by atoms with van der Waals surface area (Å²) in [5.74, 6) is 0.668. The van der Waals surface area contributed by atoms with E-state index in [-0.39, 0.29) is 0 Å². The van der Waals surface area contributed by atoms with Crippen LogP contribution < -0.4 is 0 Å². The van der Waals surface area contributed by atoms with E-state index >= 15 is 0 Å². The molecule has 0 saturated heterocycles. The van der Waals surface area contributed by atoms with Crippen molar-refractivity contribution in [1.82, 2.24) is 0 Å². The molecule has 0 fully saturated rings. The predicted molar refractivity (Wildman–Crippen MR) is 93.5 cm³/mol. The Balaban J connectivity index is 2.32. The summed E-state index contributed by atoms with van der Waals surface area (Å²) in [4.78, 5) is 0. The van der Waals surface area contributed by atoms with Crippen molar-refractivity contribution in [2.75, 3.05) is 13.2 Å². The van der Waals surface area contributed by atoms with Crippen molar-refractivity contribution >= 4 is 0 Å². The highest BCUT2D eigenvalue weighted by atomic mass is 16.5. The fraction of sp³-hybridized carbons (Fsp3) is 0.600. The Hall–Kier alpha value is -1.08. The van der Waals surface area contributed by atoms with E-state index in [1.54, 1.807) is 0 Å². The topological polar surface area (TPSA) is 9.23 Å². The molecule has 0 bridgehead atoms. The zero-order valence-electron chi connectivity index (χ0n) is 13.7. The minimum Gasteiger partial charge on any atom is -0.381 e. The zero-order valence-corrected chi connectivity index (χ0v) is 13.7. The van der Waals surface area contributed by atoms with Crippen LogP contribution in [0.5, 0.6) is 0 Å². The molecule has 1 atom stereocenters. The van der Waals surface area contributed by atoms with Gasteiger partial charge in [0.25, 0.3) is 0 Å². The predicted octanol–water partition coefficient (Wildman–Crippen LogP) is 6.00. The number of rotatable bonds is 0. The molecule has 1 aliphatic rings. The van der Waals surface area contributed by atoms with Crippen LogP contribution in [-0.4, -0.2) is 13.2 Å². The van der Waals surface area contributed by atoms with Crippen molar-refractivity contribution in [1.29, 1.82) is 0 Å². The van der Waals surface area contributed by atoms with Gasteiger partial charge in [-0.15, -0.1) is 0 Å². The molecule has 0 saturated carbocycles. The van der Waals surface area contributed by atoms with Crippen LogP contribution in [-0.2, 0) is 4.74 Å². The maximum absolute atomic E-state index is 5.69. The third-order valence-corrected chi connectivity index (χ3v) is 3.67. The van der Waals surface area contributed by atoms with E-state index in [9.17, 15) is 0 Å². The van der Waals surface area contributed by atoms with E-state index in [0.717, 1.165) is 26.1 Å². The first kappa shape index (κ1) is 18.0. The molecule has 1 aliphatic heterocycles. The summed E-state index contributed by atoms with van der Waals surface area (Å²) >= 11 is 0. The van der Waals surface area contributed by atoms with Gasteiger partial charge in [0.05, 0.1) is 0 Å². The molecule has 21 heavy (non-hydrogen) atoms. The molecule has 1 heterocycles. The van der Waals surface area contributed by atoms with E-state index in [1.807, 2.05) is 0 Å². The van der Waals surface area contributed by atoms with Crippen molar-refractivity contribution < 1.29 is 4.74 Å². The van der Waals surface area contributed by atoms with Gasteiger partial charge >= 0.3 is 0 Å². The lowest BCUT2D eigenvalue weighted by atomic mass is 10.0. The Morgan fingerprint density at radius 1 is 0.762 bits per heavy atom. The number of hydrogen-bond acceptors (Lipinski definition) is 1. The maximum atomic E-state index is 5.69. The van der Waals surface area contributed by atoms with E-state index in [4.69, 9.17) is 4.74 Å². The average molecular weight is 288 g/mol. The van der Waals surface area contributed by atoms with Crippen LogP contribution in [0.25, 0.3) is 0 Å². The first-order chi connectivity index (χ1) is 10.4. The SMILES string of the molecule is CC1/C=C/C=C\C/C=C\C/C=C\CCCCOCCCC1. The smallest absolute Gasteiger partial charge is 0.0466 e. The second-order valence-electron chi connectivity index (χ2n) is 5.81. The van der Waals surface area contributed by atoms with Gasteiger partial charge in [0.2, 0.25) is 0 Å². The first-order valence-corrected chi connectivity index (χ1v) is 8.60. The fourth-order valence-electron chi connectivity index (χ4n) is 2.31. The number of hydrogen-bond donors (Lipinski definition) is 0.